The first kappa shape index (κ1) is 22.9. The lowest BCUT2D eigenvalue weighted by Crippen LogP contribution is -2.47. The summed E-state index contributed by atoms with van der Waals surface area (Å²) in [5.74, 6) is -0.764. The molecule has 0 bridgehead atoms. The number of rotatable bonds is 5. The molecule has 1 fully saturated rings. The van der Waals surface area contributed by atoms with Gasteiger partial charge < -0.3 is 19.8 Å². The Hall–Kier alpha value is -3.28. The van der Waals surface area contributed by atoms with Gasteiger partial charge in [0.25, 0.3) is 5.91 Å². The Morgan fingerprint density at radius 3 is 2.97 bits per heavy atom. The van der Waals surface area contributed by atoms with Crippen molar-refractivity contribution < 1.29 is 13.9 Å². The fourth-order valence-corrected chi connectivity index (χ4v) is 4.13. The van der Waals surface area contributed by atoms with Crippen molar-refractivity contribution in [1.82, 2.24) is 20.0 Å². The van der Waals surface area contributed by atoms with Crippen LogP contribution in [0, 0.1) is 31.0 Å². The summed E-state index contributed by atoms with van der Waals surface area (Å²) in [5, 5.41) is 15.4. The molecule has 2 N–H and O–H groups in total. The Labute approximate surface area is 192 Å². The summed E-state index contributed by atoms with van der Waals surface area (Å²) in [6.07, 6.45) is 5.19. The van der Waals surface area contributed by atoms with Gasteiger partial charge in [-0.3, -0.25) is 9.78 Å². The average molecular weight is 450 g/mol. The Morgan fingerprint density at radius 1 is 1.33 bits per heavy atom. The zero-order valence-electron chi connectivity index (χ0n) is 18.9. The summed E-state index contributed by atoms with van der Waals surface area (Å²) in [5.41, 5.74) is 4.79. The second kappa shape index (κ2) is 10.1. The van der Waals surface area contributed by atoms with Gasteiger partial charge in [0.1, 0.15) is 18.0 Å². The molecule has 4 rings (SSSR count). The monoisotopic (exact) mass is 449 g/mol. The number of amides is 1. The van der Waals surface area contributed by atoms with Crippen LogP contribution >= 0.6 is 0 Å². The van der Waals surface area contributed by atoms with Crippen LogP contribution in [0.3, 0.4) is 0 Å². The molecule has 1 saturated heterocycles. The number of nitrogens with one attached hydrogen (secondary N) is 2. The van der Waals surface area contributed by atoms with Crippen molar-refractivity contribution in [2.24, 2.45) is 0 Å². The molecule has 0 radical (unpaired) electrons. The van der Waals surface area contributed by atoms with Crippen LogP contribution in [-0.2, 0) is 16.0 Å². The van der Waals surface area contributed by atoms with E-state index in [1.54, 1.807) is 6.07 Å². The molecule has 172 valence electrons. The standard InChI is InChI=1S/C25H28FN5O2/c1-16-14-31-15-20(11-23(31)17(2)29-16)18-5-6-19(22(26)10-18)9-21(12-27)30-25(32)24-13-28-7-3-4-8-33-24/h5-6,10-11,14-15,21,24,28H,3-4,7-9,13H2,1-2H3,(H,30,32)/t21-,24-/m0/s1. The molecule has 3 aromatic rings. The number of nitriles is 1. The fourth-order valence-electron chi connectivity index (χ4n) is 4.13. The predicted octanol–water partition coefficient (Wildman–Crippen LogP) is 3.08. The molecule has 0 unspecified atom stereocenters. The van der Waals surface area contributed by atoms with Gasteiger partial charge in [0.15, 0.2) is 0 Å². The minimum atomic E-state index is -0.847. The summed E-state index contributed by atoms with van der Waals surface area (Å²) in [6.45, 7) is 5.62. The van der Waals surface area contributed by atoms with Gasteiger partial charge >= 0.3 is 0 Å². The molecule has 8 heteroatoms. The minimum Gasteiger partial charge on any atom is -0.367 e. The molecule has 0 aliphatic carbocycles. The van der Waals surface area contributed by atoms with Gasteiger partial charge in [-0.05, 0) is 56.5 Å². The number of nitrogens with zero attached hydrogens (tertiary/aromatic N) is 3. The molecule has 0 spiro atoms. The molecule has 1 aromatic carbocycles. The van der Waals surface area contributed by atoms with Crippen LogP contribution in [0.15, 0.2) is 36.7 Å². The lowest BCUT2D eigenvalue weighted by atomic mass is 10.0. The van der Waals surface area contributed by atoms with Crippen molar-refractivity contribution in [3.05, 3.63) is 59.4 Å². The van der Waals surface area contributed by atoms with Gasteiger partial charge in [0.2, 0.25) is 0 Å². The predicted molar refractivity (Wildman–Crippen MR) is 123 cm³/mol. The smallest absolute Gasteiger partial charge is 0.251 e. The zero-order valence-corrected chi connectivity index (χ0v) is 18.9. The third kappa shape index (κ3) is 5.38. The maximum Gasteiger partial charge on any atom is 0.251 e. The first-order chi connectivity index (χ1) is 15.9. The number of hydrogen-bond donors (Lipinski definition) is 2. The molecule has 1 amide bonds. The Balaban J connectivity index is 1.46. The third-order valence-electron chi connectivity index (χ3n) is 5.86. The highest BCUT2D eigenvalue weighted by Crippen LogP contribution is 2.26. The van der Waals surface area contributed by atoms with E-state index in [-0.39, 0.29) is 12.3 Å². The molecule has 3 heterocycles. The van der Waals surface area contributed by atoms with E-state index in [1.807, 2.05) is 42.8 Å². The zero-order chi connectivity index (χ0) is 23.4. The lowest BCUT2D eigenvalue weighted by molar-refractivity contribution is -0.133. The molecule has 33 heavy (non-hydrogen) atoms. The summed E-state index contributed by atoms with van der Waals surface area (Å²) in [7, 11) is 0. The number of aryl methyl sites for hydroxylation is 2. The summed E-state index contributed by atoms with van der Waals surface area (Å²) >= 11 is 0. The SMILES string of the molecule is Cc1cn2cc(-c3ccc(C[C@@H](C#N)NC(=O)[C@@H]4CNCCCCO4)c(F)c3)cc2c(C)n1. The van der Waals surface area contributed by atoms with Crippen molar-refractivity contribution in [2.45, 2.75) is 45.3 Å². The number of carbonyl (C=O) groups is 1. The topological polar surface area (TPSA) is 91.5 Å². The van der Waals surface area contributed by atoms with Crippen molar-refractivity contribution >= 4 is 11.4 Å². The van der Waals surface area contributed by atoms with Crippen LogP contribution in [0.2, 0.25) is 0 Å². The summed E-state index contributed by atoms with van der Waals surface area (Å²) in [4.78, 5) is 17.0. The third-order valence-corrected chi connectivity index (χ3v) is 5.86. The number of benzene rings is 1. The maximum absolute atomic E-state index is 14.9. The quantitative estimate of drug-likeness (QED) is 0.625. The van der Waals surface area contributed by atoms with Gasteiger partial charge in [-0.1, -0.05) is 12.1 Å². The van der Waals surface area contributed by atoms with Crippen LogP contribution in [0.4, 0.5) is 4.39 Å². The summed E-state index contributed by atoms with van der Waals surface area (Å²) < 4.78 is 22.5. The van der Waals surface area contributed by atoms with E-state index in [0.717, 1.165) is 47.4 Å². The van der Waals surface area contributed by atoms with E-state index < -0.39 is 18.0 Å². The van der Waals surface area contributed by atoms with E-state index in [0.29, 0.717) is 18.7 Å². The normalized spacial score (nSPS) is 17.7. The Kier molecular flexibility index (Phi) is 7.02. The molecule has 1 aliphatic heterocycles. The molecule has 1 aliphatic rings. The second-order valence-electron chi connectivity index (χ2n) is 8.46. The molecular formula is C25H28FN5O2. The largest absolute Gasteiger partial charge is 0.367 e. The van der Waals surface area contributed by atoms with E-state index >= 15 is 0 Å². The highest BCUT2D eigenvalue weighted by atomic mass is 19.1. The molecule has 7 nitrogen and oxygen atoms in total. The van der Waals surface area contributed by atoms with E-state index in [1.165, 1.54) is 6.07 Å². The van der Waals surface area contributed by atoms with Gasteiger partial charge in [-0.25, -0.2) is 4.39 Å². The van der Waals surface area contributed by atoms with Crippen LogP contribution < -0.4 is 10.6 Å². The van der Waals surface area contributed by atoms with Gasteiger partial charge in [0.05, 0.1) is 23.0 Å². The van der Waals surface area contributed by atoms with Crippen molar-refractivity contribution in [2.75, 3.05) is 19.7 Å². The van der Waals surface area contributed by atoms with Gasteiger partial charge in [0, 0.05) is 37.5 Å². The Bertz CT molecular complexity index is 1190. The van der Waals surface area contributed by atoms with Crippen LogP contribution in [-0.4, -0.2) is 47.1 Å². The molecule has 2 atom stereocenters. The number of aromatic nitrogens is 2. The number of halogens is 1. The number of hydrogen-bond acceptors (Lipinski definition) is 5. The van der Waals surface area contributed by atoms with E-state index in [2.05, 4.69) is 21.7 Å². The second-order valence-corrected chi connectivity index (χ2v) is 8.46. The van der Waals surface area contributed by atoms with Gasteiger partial charge in [-0.15, -0.1) is 0 Å². The average Bonchev–Trinajstić information content (AvgIpc) is 3.18. The lowest BCUT2D eigenvalue weighted by Gasteiger charge is -2.22. The highest BCUT2D eigenvalue weighted by Gasteiger charge is 2.23. The van der Waals surface area contributed by atoms with E-state index in [4.69, 9.17) is 4.74 Å². The van der Waals surface area contributed by atoms with Crippen LogP contribution in [0.5, 0.6) is 0 Å². The number of carbonyl (C=O) groups excluding carboxylic acids is 1. The maximum atomic E-state index is 14.9. The molecular weight excluding hydrogens is 421 g/mol. The minimum absolute atomic E-state index is 0.0778. The molecule has 2 aromatic heterocycles. The number of fused-ring (bicyclic) bond motifs is 1. The Morgan fingerprint density at radius 2 is 2.18 bits per heavy atom. The summed E-state index contributed by atoms with van der Waals surface area (Å²) in [6, 6.07) is 8.18. The first-order valence-electron chi connectivity index (χ1n) is 11.2. The van der Waals surface area contributed by atoms with Crippen molar-refractivity contribution in [1.29, 1.82) is 5.26 Å². The van der Waals surface area contributed by atoms with Crippen LogP contribution in [0.25, 0.3) is 16.6 Å². The highest BCUT2D eigenvalue weighted by molar-refractivity contribution is 5.81. The van der Waals surface area contributed by atoms with Gasteiger partial charge in [-0.2, -0.15) is 5.26 Å². The fraction of sp³-hybridized carbons (Fsp3) is 0.400. The van der Waals surface area contributed by atoms with Crippen molar-refractivity contribution in [3.8, 4) is 17.2 Å². The van der Waals surface area contributed by atoms with E-state index in [9.17, 15) is 14.4 Å². The van der Waals surface area contributed by atoms with Crippen LogP contribution in [0.1, 0.15) is 29.8 Å². The van der Waals surface area contributed by atoms with Crippen molar-refractivity contribution in [3.63, 3.8) is 0 Å². The molecule has 0 saturated carbocycles. The first-order valence-corrected chi connectivity index (χ1v) is 11.2. The number of ether oxygens (including phenoxy) is 1.